The Morgan fingerprint density at radius 3 is 2.36 bits per heavy atom. The Hall–Kier alpha value is -2.97. The number of aliphatic hydroxyl groups is 1. The zero-order valence-corrected chi connectivity index (χ0v) is 26.4. The standard InChI is InChI=1S/C36H50N4O4/c1-27(22-28-10-4-2-5-11-28)33(42)39-19-16-36(44,35(25-39)14-8-9-15-35)26-40-24-31(34(43)38-20-17-37-18-21-38)30(23-32(40)41)29-12-6-3-7-13-29/h3,6-7,12-13,23-24,27-28,37,44H,2,4-5,8-11,14-22,25-26H2,1H3. The van der Waals surface area contributed by atoms with Gasteiger partial charge in [0.2, 0.25) is 5.91 Å². The van der Waals surface area contributed by atoms with E-state index in [1.807, 2.05) is 40.1 Å². The van der Waals surface area contributed by atoms with Crippen LogP contribution in [0, 0.1) is 17.3 Å². The highest BCUT2D eigenvalue weighted by Gasteiger charge is 2.56. The maximum Gasteiger partial charge on any atom is 0.256 e. The van der Waals surface area contributed by atoms with Crippen molar-refractivity contribution in [1.82, 2.24) is 19.7 Å². The minimum absolute atomic E-state index is 0.00514. The molecule has 2 aliphatic carbocycles. The molecule has 6 rings (SSSR count). The molecule has 2 aliphatic heterocycles. The van der Waals surface area contributed by atoms with E-state index in [1.165, 1.54) is 32.1 Å². The number of nitrogens with zero attached hydrogens (tertiary/aromatic N) is 3. The zero-order valence-electron chi connectivity index (χ0n) is 26.4. The second kappa shape index (κ2) is 13.2. The van der Waals surface area contributed by atoms with Gasteiger partial charge in [-0.25, -0.2) is 0 Å². The highest BCUT2D eigenvalue weighted by atomic mass is 16.3. The number of nitrogens with one attached hydrogen (secondary N) is 1. The number of hydrogen-bond donors (Lipinski definition) is 2. The van der Waals surface area contributed by atoms with Crippen LogP contribution in [0.25, 0.3) is 11.1 Å². The Bertz CT molecular complexity index is 1370. The van der Waals surface area contributed by atoms with Gasteiger partial charge in [0.05, 0.1) is 17.7 Å². The van der Waals surface area contributed by atoms with E-state index in [1.54, 1.807) is 16.8 Å². The van der Waals surface area contributed by atoms with Gasteiger partial charge in [-0.15, -0.1) is 0 Å². The molecule has 238 valence electrons. The van der Waals surface area contributed by atoms with Gasteiger partial charge in [0.25, 0.3) is 11.5 Å². The summed E-state index contributed by atoms with van der Waals surface area (Å²) in [6.07, 6.45) is 13.1. The summed E-state index contributed by atoms with van der Waals surface area (Å²) in [5.74, 6) is 0.773. The van der Waals surface area contributed by atoms with Crippen LogP contribution in [0.4, 0.5) is 0 Å². The molecule has 44 heavy (non-hydrogen) atoms. The molecule has 0 radical (unpaired) electrons. The lowest BCUT2D eigenvalue weighted by Gasteiger charge is -2.53. The lowest BCUT2D eigenvalue weighted by atomic mass is 9.65. The van der Waals surface area contributed by atoms with E-state index in [0.29, 0.717) is 49.6 Å². The Morgan fingerprint density at radius 2 is 1.66 bits per heavy atom. The van der Waals surface area contributed by atoms with E-state index < -0.39 is 11.0 Å². The van der Waals surface area contributed by atoms with E-state index in [4.69, 9.17) is 0 Å². The van der Waals surface area contributed by atoms with Gasteiger partial charge in [-0.2, -0.15) is 0 Å². The molecule has 1 spiro atoms. The number of piperazine rings is 1. The molecule has 4 aliphatic rings. The summed E-state index contributed by atoms with van der Waals surface area (Å²) >= 11 is 0. The minimum Gasteiger partial charge on any atom is -0.387 e. The number of aromatic nitrogens is 1. The van der Waals surface area contributed by atoms with E-state index >= 15 is 0 Å². The van der Waals surface area contributed by atoms with Crippen molar-refractivity contribution in [3.8, 4) is 11.1 Å². The number of likely N-dealkylation sites (tertiary alicyclic amines) is 1. The molecule has 2 saturated heterocycles. The third kappa shape index (κ3) is 6.25. The molecule has 0 bridgehead atoms. The fraction of sp³-hybridized carbons (Fsp3) is 0.639. The molecule has 3 heterocycles. The number of amides is 2. The van der Waals surface area contributed by atoms with Crippen molar-refractivity contribution < 1.29 is 14.7 Å². The van der Waals surface area contributed by atoms with E-state index in [9.17, 15) is 19.5 Å². The first-order valence-electron chi connectivity index (χ1n) is 17.1. The molecular formula is C36H50N4O4. The number of carbonyl (C=O) groups excluding carboxylic acids is 2. The number of pyridine rings is 1. The molecule has 2 N–H and O–H groups in total. The number of hydrogen-bond acceptors (Lipinski definition) is 5. The third-order valence-corrected chi connectivity index (χ3v) is 11.3. The van der Waals surface area contributed by atoms with Crippen molar-refractivity contribution >= 4 is 11.8 Å². The predicted molar refractivity (Wildman–Crippen MR) is 172 cm³/mol. The number of carbonyl (C=O) groups is 2. The minimum atomic E-state index is -1.14. The summed E-state index contributed by atoms with van der Waals surface area (Å²) in [5, 5.41) is 15.8. The first-order chi connectivity index (χ1) is 21.3. The van der Waals surface area contributed by atoms with Crippen LogP contribution in [-0.2, 0) is 11.3 Å². The summed E-state index contributed by atoms with van der Waals surface area (Å²) in [6, 6.07) is 11.2. The Kier molecular flexibility index (Phi) is 9.29. The Morgan fingerprint density at radius 1 is 0.955 bits per heavy atom. The molecule has 1 aromatic heterocycles. The fourth-order valence-electron chi connectivity index (χ4n) is 8.67. The van der Waals surface area contributed by atoms with Gasteiger partial charge in [0.1, 0.15) is 0 Å². The highest BCUT2D eigenvalue weighted by Crippen LogP contribution is 2.52. The molecular weight excluding hydrogens is 552 g/mol. The second-order valence-corrected chi connectivity index (χ2v) is 14.1. The first-order valence-corrected chi connectivity index (χ1v) is 17.1. The van der Waals surface area contributed by atoms with Gasteiger partial charge in [-0.05, 0) is 37.2 Å². The fourth-order valence-corrected chi connectivity index (χ4v) is 8.67. The van der Waals surface area contributed by atoms with Crippen molar-refractivity contribution in [2.45, 2.75) is 89.7 Å². The number of rotatable bonds is 7. The molecule has 4 fully saturated rings. The lowest BCUT2D eigenvalue weighted by molar-refractivity contribution is -0.163. The zero-order chi connectivity index (χ0) is 30.7. The van der Waals surface area contributed by atoms with Gasteiger partial charge in [0.15, 0.2) is 0 Å². The van der Waals surface area contributed by atoms with Crippen LogP contribution in [0.2, 0.25) is 0 Å². The summed E-state index contributed by atoms with van der Waals surface area (Å²) in [5.41, 5.74) is 0.139. The molecule has 2 unspecified atom stereocenters. The normalized spacial score (nSPS) is 24.9. The summed E-state index contributed by atoms with van der Waals surface area (Å²) in [7, 11) is 0. The molecule has 1 aromatic carbocycles. The average Bonchev–Trinajstić information content (AvgIpc) is 3.54. The third-order valence-electron chi connectivity index (χ3n) is 11.3. The largest absolute Gasteiger partial charge is 0.387 e. The molecule has 2 amide bonds. The first kappa shape index (κ1) is 31.0. The molecule has 2 aromatic rings. The van der Waals surface area contributed by atoms with E-state index in [2.05, 4.69) is 12.2 Å². The topological polar surface area (TPSA) is 94.9 Å². The van der Waals surface area contributed by atoms with Crippen molar-refractivity contribution in [2.24, 2.45) is 17.3 Å². The van der Waals surface area contributed by atoms with Crippen LogP contribution in [0.5, 0.6) is 0 Å². The van der Waals surface area contributed by atoms with Crippen LogP contribution >= 0.6 is 0 Å². The molecule has 8 nitrogen and oxygen atoms in total. The van der Waals surface area contributed by atoms with Crippen molar-refractivity contribution in [2.75, 3.05) is 39.3 Å². The van der Waals surface area contributed by atoms with Gasteiger partial charge in [0, 0.05) is 68.4 Å². The average molecular weight is 603 g/mol. The van der Waals surface area contributed by atoms with Crippen LogP contribution in [0.1, 0.15) is 87.9 Å². The van der Waals surface area contributed by atoms with Crippen LogP contribution in [0.3, 0.4) is 0 Å². The van der Waals surface area contributed by atoms with Gasteiger partial charge < -0.3 is 24.8 Å². The van der Waals surface area contributed by atoms with E-state index in [-0.39, 0.29) is 29.8 Å². The monoisotopic (exact) mass is 602 g/mol. The van der Waals surface area contributed by atoms with Gasteiger partial charge in [-0.1, -0.05) is 82.2 Å². The molecule has 2 saturated carbocycles. The lowest BCUT2D eigenvalue weighted by Crippen LogP contribution is -2.62. The summed E-state index contributed by atoms with van der Waals surface area (Å²) < 4.78 is 1.57. The summed E-state index contributed by atoms with van der Waals surface area (Å²) in [6.45, 7) is 5.96. The highest BCUT2D eigenvalue weighted by molar-refractivity contribution is 6.00. The van der Waals surface area contributed by atoms with Crippen LogP contribution in [-0.4, -0.2) is 76.2 Å². The Balaban J connectivity index is 1.26. The number of piperidine rings is 1. The maximum absolute atomic E-state index is 13.9. The quantitative estimate of drug-likeness (QED) is 0.480. The predicted octanol–water partition coefficient (Wildman–Crippen LogP) is 4.69. The summed E-state index contributed by atoms with van der Waals surface area (Å²) in [4.78, 5) is 45.2. The van der Waals surface area contributed by atoms with Crippen LogP contribution < -0.4 is 10.9 Å². The SMILES string of the molecule is CC(CC1CCCCC1)C(=O)N1CCC(O)(Cn2cc(C(=O)N3CCNCC3)c(-c3ccccc3)cc2=O)C2(CCCC2)C1. The van der Waals surface area contributed by atoms with Gasteiger partial charge in [-0.3, -0.25) is 14.4 Å². The second-order valence-electron chi connectivity index (χ2n) is 14.1. The Labute approximate surface area is 261 Å². The van der Waals surface area contributed by atoms with E-state index in [0.717, 1.165) is 50.8 Å². The van der Waals surface area contributed by atoms with Gasteiger partial charge >= 0.3 is 0 Å². The molecule has 8 heteroatoms. The maximum atomic E-state index is 13.9. The van der Waals surface area contributed by atoms with Crippen molar-refractivity contribution in [3.63, 3.8) is 0 Å². The van der Waals surface area contributed by atoms with Crippen molar-refractivity contribution in [3.05, 3.63) is 58.5 Å². The smallest absolute Gasteiger partial charge is 0.256 e. The van der Waals surface area contributed by atoms with Crippen LogP contribution in [0.15, 0.2) is 47.4 Å². The van der Waals surface area contributed by atoms with Crippen molar-refractivity contribution in [1.29, 1.82) is 0 Å². The number of benzene rings is 1. The molecule has 2 atom stereocenters.